The van der Waals surface area contributed by atoms with Crippen molar-refractivity contribution in [3.8, 4) is 0 Å². The van der Waals surface area contributed by atoms with Gasteiger partial charge in [-0.05, 0) is 12.8 Å². The molecule has 0 spiro atoms. The first-order chi connectivity index (χ1) is 3.91. The molecule has 1 aliphatic heterocycles. The highest BCUT2D eigenvalue weighted by Gasteiger charge is 1.94. The lowest BCUT2D eigenvalue weighted by Crippen LogP contribution is -1.79. The molecule has 0 atom stereocenters. The third-order valence-corrected chi connectivity index (χ3v) is 0.827. The van der Waals surface area contributed by atoms with E-state index in [0.29, 0.717) is 0 Å². The Bertz CT molecular complexity index is 30.7. The summed E-state index contributed by atoms with van der Waals surface area (Å²) in [5.74, 6) is 0. The summed E-state index contributed by atoms with van der Waals surface area (Å²) >= 11 is 0. The summed E-state index contributed by atoms with van der Waals surface area (Å²) in [6.07, 6.45) is 2.56. The van der Waals surface area contributed by atoms with E-state index in [9.17, 15) is 0 Å². The minimum absolute atomic E-state index is 1.00. The van der Waals surface area contributed by atoms with Gasteiger partial charge in [0, 0.05) is 20.3 Å². The molecule has 44 valence electrons. The Hall–Kier alpha value is 0.155. The highest BCUT2D eigenvalue weighted by molar-refractivity contribution is 7.17. The van der Waals surface area contributed by atoms with Gasteiger partial charge in [0.05, 0.1) is 15.5 Å². The molecule has 1 nitrogen and oxygen atoms in total. The van der Waals surface area contributed by atoms with Crippen LogP contribution in [0.5, 0.6) is 0 Å². The first-order valence-corrected chi connectivity index (χ1v) is 3.49. The van der Waals surface area contributed by atoms with E-state index >= 15 is 0 Å². The Morgan fingerprint density at radius 2 is 1.50 bits per heavy atom. The Balaban J connectivity index is 0.000000145. The maximum Gasteiger partial charge on any atom is 0.0601 e. The second-order valence-corrected chi connectivity index (χ2v) is 2.03. The van der Waals surface area contributed by atoms with E-state index in [2.05, 4.69) is 15.5 Å². The maximum atomic E-state index is 4.94. The molecule has 1 saturated heterocycles. The molecular weight excluding hydrogens is 96.5 g/mol. The molecule has 0 aromatic carbocycles. The van der Waals surface area contributed by atoms with Crippen molar-refractivity contribution in [3.05, 3.63) is 0 Å². The molecule has 0 aliphatic carbocycles. The van der Waals surface area contributed by atoms with Gasteiger partial charge in [-0.2, -0.15) is 0 Å². The van der Waals surface area contributed by atoms with E-state index in [1.54, 1.807) is 0 Å². The predicted octanol–water partition coefficient (Wildman–Crippen LogP) is -1.68. The minimum Gasteiger partial charge on any atom is -0.381 e. The summed E-state index contributed by atoms with van der Waals surface area (Å²) in [7, 11) is 5.50. The third kappa shape index (κ3) is 6.15. The molecule has 0 N–H and O–H groups in total. The lowest BCUT2D eigenvalue weighted by atomic mass is 9.40. The Labute approximate surface area is 54.2 Å². The summed E-state index contributed by atoms with van der Waals surface area (Å²) < 4.78 is 4.94. The molecular formula is C4H13B3O. The van der Waals surface area contributed by atoms with Crippen LogP contribution in [0.3, 0.4) is 0 Å². The Morgan fingerprint density at radius 1 is 1.12 bits per heavy atom. The van der Waals surface area contributed by atoms with Gasteiger partial charge in [-0.25, -0.2) is 0 Å². The lowest BCUT2D eigenvalue weighted by molar-refractivity contribution is 0.198. The van der Waals surface area contributed by atoms with Gasteiger partial charge in [0.1, 0.15) is 0 Å². The van der Waals surface area contributed by atoms with Crippen LogP contribution in [0.15, 0.2) is 0 Å². The fourth-order valence-corrected chi connectivity index (χ4v) is 0.510. The van der Waals surface area contributed by atoms with Crippen molar-refractivity contribution in [2.24, 2.45) is 0 Å². The van der Waals surface area contributed by atoms with Crippen LogP contribution in [0.2, 0.25) is 0 Å². The summed E-state index contributed by atoms with van der Waals surface area (Å²) in [6.45, 7) is 2.00. The summed E-state index contributed by atoms with van der Waals surface area (Å²) in [4.78, 5) is 0. The SMILES string of the molecule is BBB.C1CCOC1. The van der Waals surface area contributed by atoms with Gasteiger partial charge in [0.25, 0.3) is 0 Å². The van der Waals surface area contributed by atoms with Crippen molar-refractivity contribution < 1.29 is 4.74 Å². The van der Waals surface area contributed by atoms with Crippen LogP contribution < -0.4 is 0 Å². The van der Waals surface area contributed by atoms with E-state index in [4.69, 9.17) is 4.74 Å². The molecule has 4 heteroatoms. The van der Waals surface area contributed by atoms with Gasteiger partial charge in [0.2, 0.25) is 0 Å². The van der Waals surface area contributed by atoms with Gasteiger partial charge in [0.15, 0.2) is 0 Å². The van der Waals surface area contributed by atoms with Gasteiger partial charge < -0.3 is 4.74 Å². The zero-order chi connectivity index (χ0) is 6.24. The molecule has 0 aromatic heterocycles. The quantitative estimate of drug-likeness (QED) is 0.338. The van der Waals surface area contributed by atoms with Crippen LogP contribution >= 0.6 is 0 Å². The van der Waals surface area contributed by atoms with Crippen molar-refractivity contribution in [1.82, 2.24) is 0 Å². The van der Waals surface area contributed by atoms with Gasteiger partial charge in [-0.15, -0.1) is 0 Å². The van der Waals surface area contributed by atoms with Crippen LogP contribution in [0.4, 0.5) is 0 Å². The van der Waals surface area contributed by atoms with Gasteiger partial charge in [-0.1, -0.05) is 0 Å². The van der Waals surface area contributed by atoms with Gasteiger partial charge >= 0.3 is 0 Å². The molecule has 0 saturated carbocycles. The second-order valence-electron chi connectivity index (χ2n) is 2.03. The van der Waals surface area contributed by atoms with Crippen LogP contribution in [-0.4, -0.2) is 35.7 Å². The Kier molecular flexibility index (Phi) is 7.29. The highest BCUT2D eigenvalue weighted by Crippen LogP contribution is 1.98. The summed E-state index contributed by atoms with van der Waals surface area (Å²) in [5.41, 5.74) is 0. The van der Waals surface area contributed by atoms with Gasteiger partial charge in [-0.3, -0.25) is 0 Å². The van der Waals surface area contributed by atoms with Crippen molar-refractivity contribution >= 4 is 22.5 Å². The largest absolute Gasteiger partial charge is 0.381 e. The van der Waals surface area contributed by atoms with Crippen molar-refractivity contribution in [2.45, 2.75) is 12.8 Å². The van der Waals surface area contributed by atoms with Crippen LogP contribution in [0, 0.1) is 0 Å². The van der Waals surface area contributed by atoms with Crippen LogP contribution in [0.25, 0.3) is 0 Å². The first kappa shape index (κ1) is 8.15. The summed E-state index contributed by atoms with van der Waals surface area (Å²) in [6, 6.07) is 0. The molecule has 0 unspecified atom stereocenters. The number of hydrogen-bond acceptors (Lipinski definition) is 1. The standard InChI is InChI=1S/C4H8O.B3H5/c1-2-4-5-3-1;1-3-2/h1-4H2;3H,1-2H2. The molecule has 1 heterocycles. The zero-order valence-electron chi connectivity index (χ0n) is 5.94. The average molecular weight is 110 g/mol. The normalized spacial score (nSPS) is 16.5. The molecule has 1 fully saturated rings. The fraction of sp³-hybridized carbons (Fsp3) is 1.00. The van der Waals surface area contributed by atoms with Crippen molar-refractivity contribution in [2.75, 3.05) is 13.2 Å². The number of ether oxygens (including phenoxy) is 1. The molecule has 0 aromatic rings. The fourth-order valence-electron chi connectivity index (χ4n) is 0.510. The average Bonchev–Trinajstić information content (AvgIpc) is 2.17. The predicted molar refractivity (Wildman–Crippen MR) is 44.3 cm³/mol. The molecule has 1 rings (SSSR count). The first-order valence-electron chi connectivity index (χ1n) is 3.49. The van der Waals surface area contributed by atoms with E-state index in [0.717, 1.165) is 13.2 Å². The van der Waals surface area contributed by atoms with E-state index in [1.807, 2.05) is 0 Å². The number of hydrogen-bond donors (Lipinski definition) is 0. The molecule has 1 aliphatic rings. The smallest absolute Gasteiger partial charge is 0.0601 e. The van der Waals surface area contributed by atoms with E-state index in [-0.39, 0.29) is 0 Å². The highest BCUT2D eigenvalue weighted by atomic mass is 16.5. The monoisotopic (exact) mass is 110 g/mol. The van der Waals surface area contributed by atoms with Crippen LogP contribution in [-0.2, 0) is 4.74 Å². The van der Waals surface area contributed by atoms with E-state index in [1.165, 1.54) is 19.9 Å². The summed E-state index contributed by atoms with van der Waals surface area (Å²) in [5, 5.41) is 0. The zero-order valence-corrected chi connectivity index (χ0v) is 5.94. The minimum atomic E-state index is 1.00. The second kappa shape index (κ2) is 7.15. The molecule has 0 radical (unpaired) electrons. The van der Waals surface area contributed by atoms with E-state index < -0.39 is 0 Å². The Morgan fingerprint density at radius 3 is 1.62 bits per heavy atom. The van der Waals surface area contributed by atoms with Crippen LogP contribution in [0.1, 0.15) is 12.8 Å². The topological polar surface area (TPSA) is 9.23 Å². The third-order valence-electron chi connectivity index (χ3n) is 0.827. The van der Waals surface area contributed by atoms with Crippen molar-refractivity contribution in [3.63, 3.8) is 0 Å². The lowest BCUT2D eigenvalue weighted by Gasteiger charge is -1.76. The molecule has 0 bridgehead atoms. The van der Waals surface area contributed by atoms with Crippen molar-refractivity contribution in [1.29, 1.82) is 0 Å². The molecule has 0 amide bonds. The molecule has 8 heavy (non-hydrogen) atoms. The maximum absolute atomic E-state index is 4.94. The number of rotatable bonds is 0.